The smallest absolute Gasteiger partial charge is 0.0771 e. The molecular weight excluding hydrogens is 114 g/mol. The first kappa shape index (κ1) is 7.03. The van der Waals surface area contributed by atoms with Gasteiger partial charge in [-0.3, -0.25) is 0 Å². The Morgan fingerprint density at radius 1 is 1.67 bits per heavy atom. The van der Waals surface area contributed by atoms with E-state index in [0.717, 1.165) is 19.3 Å². The van der Waals surface area contributed by atoms with Crippen molar-refractivity contribution in [1.82, 2.24) is 5.32 Å². The van der Waals surface area contributed by atoms with Crippen LogP contribution in [0.5, 0.6) is 0 Å². The molecule has 0 heterocycles. The van der Waals surface area contributed by atoms with Crippen LogP contribution in [0.15, 0.2) is 0 Å². The molecule has 0 spiro atoms. The largest absolute Gasteiger partial charge is 0.389 e. The normalized spacial score (nSPS) is 43.7. The lowest BCUT2D eigenvalue weighted by Crippen LogP contribution is -2.42. The Hall–Kier alpha value is -0.0800. The van der Waals surface area contributed by atoms with Gasteiger partial charge in [0, 0.05) is 6.04 Å². The van der Waals surface area contributed by atoms with Gasteiger partial charge in [-0.2, -0.15) is 0 Å². The molecule has 0 radical (unpaired) electrons. The number of aliphatic hydroxyl groups is 1. The maximum atomic E-state index is 9.59. The molecule has 2 nitrogen and oxygen atoms in total. The molecule has 2 heteroatoms. The van der Waals surface area contributed by atoms with Gasteiger partial charge in [0.2, 0.25) is 0 Å². The van der Waals surface area contributed by atoms with Gasteiger partial charge >= 0.3 is 0 Å². The van der Waals surface area contributed by atoms with Crippen LogP contribution < -0.4 is 5.32 Å². The molecule has 2 atom stereocenters. The van der Waals surface area contributed by atoms with Crippen LogP contribution in [0.25, 0.3) is 0 Å². The zero-order chi connectivity index (χ0) is 6.91. The summed E-state index contributed by atoms with van der Waals surface area (Å²) in [6.45, 7) is 1.90. The van der Waals surface area contributed by atoms with E-state index in [9.17, 15) is 5.11 Å². The summed E-state index contributed by atoms with van der Waals surface area (Å²) in [4.78, 5) is 0. The van der Waals surface area contributed by atoms with Gasteiger partial charge in [-0.25, -0.2) is 0 Å². The van der Waals surface area contributed by atoms with Crippen LogP contribution in [-0.2, 0) is 0 Å². The van der Waals surface area contributed by atoms with Crippen LogP contribution in [0.4, 0.5) is 0 Å². The maximum Gasteiger partial charge on any atom is 0.0771 e. The minimum absolute atomic E-state index is 0.317. The number of hydrogen-bond acceptors (Lipinski definition) is 2. The zero-order valence-corrected chi connectivity index (χ0v) is 6.15. The van der Waals surface area contributed by atoms with E-state index in [-0.39, 0.29) is 0 Å². The van der Waals surface area contributed by atoms with E-state index < -0.39 is 5.60 Å². The van der Waals surface area contributed by atoms with Crippen molar-refractivity contribution in [2.24, 2.45) is 0 Å². The van der Waals surface area contributed by atoms with Crippen LogP contribution in [0.1, 0.15) is 26.2 Å². The first-order valence-electron chi connectivity index (χ1n) is 3.56. The number of hydrogen-bond donors (Lipinski definition) is 2. The molecule has 1 rings (SSSR count). The van der Waals surface area contributed by atoms with Crippen LogP contribution in [0.3, 0.4) is 0 Å². The average Bonchev–Trinajstić information content (AvgIpc) is 2.08. The summed E-state index contributed by atoms with van der Waals surface area (Å²) in [7, 11) is 1.91. The van der Waals surface area contributed by atoms with Gasteiger partial charge in [-0.15, -0.1) is 0 Å². The number of nitrogens with one attached hydrogen (secondary N) is 1. The van der Waals surface area contributed by atoms with E-state index >= 15 is 0 Å². The quantitative estimate of drug-likeness (QED) is 0.540. The van der Waals surface area contributed by atoms with Crippen molar-refractivity contribution in [3.05, 3.63) is 0 Å². The summed E-state index contributed by atoms with van der Waals surface area (Å²) >= 11 is 0. The van der Waals surface area contributed by atoms with Gasteiger partial charge in [0.1, 0.15) is 0 Å². The molecule has 0 bridgehead atoms. The molecule has 0 aliphatic heterocycles. The summed E-state index contributed by atoms with van der Waals surface area (Å²) in [5.74, 6) is 0. The summed E-state index contributed by atoms with van der Waals surface area (Å²) in [6.07, 6.45) is 3.21. The Kier molecular flexibility index (Phi) is 1.78. The summed E-state index contributed by atoms with van der Waals surface area (Å²) in [5.41, 5.74) is -0.450. The lowest BCUT2D eigenvalue weighted by molar-refractivity contribution is 0.0419. The zero-order valence-electron chi connectivity index (χ0n) is 6.15. The molecule has 2 N–H and O–H groups in total. The molecule has 0 saturated heterocycles. The van der Waals surface area contributed by atoms with Crippen molar-refractivity contribution in [3.8, 4) is 0 Å². The fourth-order valence-electron chi connectivity index (χ4n) is 1.60. The van der Waals surface area contributed by atoms with Crippen LogP contribution in [0.2, 0.25) is 0 Å². The Morgan fingerprint density at radius 2 is 2.33 bits per heavy atom. The highest BCUT2D eigenvalue weighted by molar-refractivity contribution is 4.92. The third kappa shape index (κ3) is 1.25. The average molecular weight is 129 g/mol. The molecule has 2 unspecified atom stereocenters. The standard InChI is InChI=1S/C7H15NO/c1-7(9)5-3-4-6(7)8-2/h6,8-9H,3-5H2,1-2H3. The molecule has 0 aromatic carbocycles. The first-order chi connectivity index (χ1) is 4.17. The van der Waals surface area contributed by atoms with E-state index in [0.29, 0.717) is 6.04 Å². The van der Waals surface area contributed by atoms with E-state index in [1.807, 2.05) is 14.0 Å². The summed E-state index contributed by atoms with van der Waals surface area (Å²) in [5, 5.41) is 12.7. The third-order valence-corrected chi connectivity index (χ3v) is 2.27. The predicted molar refractivity (Wildman–Crippen MR) is 37.3 cm³/mol. The van der Waals surface area contributed by atoms with Gasteiger partial charge in [-0.05, 0) is 33.2 Å². The van der Waals surface area contributed by atoms with Gasteiger partial charge < -0.3 is 10.4 Å². The summed E-state index contributed by atoms with van der Waals surface area (Å²) in [6, 6.07) is 0.317. The Labute approximate surface area is 56.3 Å². The van der Waals surface area contributed by atoms with Crippen molar-refractivity contribution < 1.29 is 5.11 Å². The molecule has 1 aliphatic carbocycles. The monoisotopic (exact) mass is 129 g/mol. The second-order valence-electron chi connectivity index (χ2n) is 3.09. The van der Waals surface area contributed by atoms with Gasteiger partial charge in [0.25, 0.3) is 0 Å². The Morgan fingerprint density at radius 3 is 2.56 bits per heavy atom. The SMILES string of the molecule is CNC1CCCC1(C)O. The fraction of sp³-hybridized carbons (Fsp3) is 1.00. The van der Waals surface area contributed by atoms with E-state index in [2.05, 4.69) is 5.32 Å². The molecule has 1 saturated carbocycles. The van der Waals surface area contributed by atoms with Crippen molar-refractivity contribution in [2.75, 3.05) is 7.05 Å². The maximum absolute atomic E-state index is 9.59. The van der Waals surface area contributed by atoms with Gasteiger partial charge in [0.05, 0.1) is 5.60 Å². The third-order valence-electron chi connectivity index (χ3n) is 2.27. The number of likely N-dealkylation sites (N-methyl/N-ethyl adjacent to an activating group) is 1. The van der Waals surface area contributed by atoms with Crippen molar-refractivity contribution in [2.45, 2.75) is 37.8 Å². The molecule has 0 aromatic heterocycles. The van der Waals surface area contributed by atoms with E-state index in [1.165, 1.54) is 0 Å². The van der Waals surface area contributed by atoms with Crippen LogP contribution >= 0.6 is 0 Å². The molecule has 0 aromatic rings. The highest BCUT2D eigenvalue weighted by Gasteiger charge is 2.35. The summed E-state index contributed by atoms with van der Waals surface area (Å²) < 4.78 is 0. The second kappa shape index (κ2) is 2.27. The highest BCUT2D eigenvalue weighted by Crippen LogP contribution is 2.28. The Bertz CT molecular complexity index is 101. The van der Waals surface area contributed by atoms with Gasteiger partial charge in [0.15, 0.2) is 0 Å². The molecule has 54 valence electrons. The minimum Gasteiger partial charge on any atom is -0.389 e. The van der Waals surface area contributed by atoms with Crippen LogP contribution in [-0.4, -0.2) is 23.8 Å². The lowest BCUT2D eigenvalue weighted by Gasteiger charge is -2.24. The molecular formula is C7H15NO. The van der Waals surface area contributed by atoms with Crippen molar-refractivity contribution >= 4 is 0 Å². The number of rotatable bonds is 1. The molecule has 9 heavy (non-hydrogen) atoms. The molecule has 1 fully saturated rings. The lowest BCUT2D eigenvalue weighted by atomic mass is 10.0. The highest BCUT2D eigenvalue weighted by atomic mass is 16.3. The second-order valence-corrected chi connectivity index (χ2v) is 3.09. The van der Waals surface area contributed by atoms with Crippen molar-refractivity contribution in [3.63, 3.8) is 0 Å². The Balaban J connectivity index is 2.52. The van der Waals surface area contributed by atoms with E-state index in [4.69, 9.17) is 0 Å². The first-order valence-corrected chi connectivity index (χ1v) is 3.56. The van der Waals surface area contributed by atoms with Crippen molar-refractivity contribution in [1.29, 1.82) is 0 Å². The topological polar surface area (TPSA) is 32.3 Å². The fourth-order valence-corrected chi connectivity index (χ4v) is 1.60. The predicted octanol–water partition coefficient (Wildman–Crippen LogP) is 0.509. The minimum atomic E-state index is -0.450. The molecule has 0 amide bonds. The van der Waals surface area contributed by atoms with Crippen LogP contribution in [0, 0.1) is 0 Å². The molecule has 1 aliphatic rings. The van der Waals surface area contributed by atoms with Gasteiger partial charge in [-0.1, -0.05) is 0 Å². The van der Waals surface area contributed by atoms with E-state index in [1.54, 1.807) is 0 Å².